The number of carbonyl (C=O) groups excluding carboxylic acids is 5. The number of thiophene rings is 4. The average Bonchev–Trinajstić information content (AvgIpc) is 1.74. The molecule has 0 spiro atoms. The van der Waals surface area contributed by atoms with E-state index in [1.807, 2.05) is 5.32 Å². The first-order valence-corrected chi connectivity index (χ1v) is 27.9. The van der Waals surface area contributed by atoms with Crippen LogP contribution in [0.25, 0.3) is 0 Å². The molecule has 0 bridgehead atoms. The summed E-state index contributed by atoms with van der Waals surface area (Å²) in [6.07, 6.45) is -26.5. The van der Waals surface area contributed by atoms with Crippen LogP contribution in [0.1, 0.15) is 66.2 Å². The van der Waals surface area contributed by atoms with E-state index in [0.29, 0.717) is 25.1 Å². The number of carboxylic acids is 1. The first-order chi connectivity index (χ1) is 42.5. The van der Waals surface area contributed by atoms with Crippen molar-refractivity contribution >= 4 is 139 Å². The van der Waals surface area contributed by atoms with Crippen LogP contribution in [-0.4, -0.2) is 108 Å². The number of nitrogens with one attached hydrogen (secondary N) is 1. The SMILES string of the molecule is C1CCOC1.COC(=O)c1cc(Cl)c(C(F)(F)F)s1.COC(=O)c1cc(Cl)cs1.Nc1cc(F)c(=O)n(CC(F)F)c1.O=C(Nc1cc(F)c(=O)n(CC(F)F)c1)c1cc(Cl)c(C(F)(F)F)s1.O=C(O)c1cc(Cl)c(C(F)(F)F)s1.O=C(OC(=O)C(F)(F)F)C(F)(F)F.[Li+].[OH-]. The predicted molar refractivity (Wildman–Crippen MR) is 293 cm³/mol. The van der Waals surface area contributed by atoms with Gasteiger partial charge in [-0.2, -0.15) is 65.9 Å². The van der Waals surface area contributed by atoms with Crippen molar-refractivity contribution < 1.29 is 169 Å². The van der Waals surface area contributed by atoms with Crippen molar-refractivity contribution in [2.45, 2.75) is 69.7 Å². The fourth-order valence-electron chi connectivity index (χ4n) is 5.39. The summed E-state index contributed by atoms with van der Waals surface area (Å²) in [6, 6.07) is 5.46. The number of halogens is 25. The molecular weight excluding hydrogens is 1520 g/mol. The summed E-state index contributed by atoms with van der Waals surface area (Å²) in [5.74, 6) is -12.6. The molecule has 526 valence electrons. The van der Waals surface area contributed by atoms with Gasteiger partial charge in [0.15, 0.2) is 11.6 Å². The van der Waals surface area contributed by atoms with Gasteiger partial charge in [0.25, 0.3) is 29.9 Å². The zero-order chi connectivity index (χ0) is 72.1. The third kappa shape index (κ3) is 32.1. The number of methoxy groups -OCH3 is 2. The Hall–Kier alpha value is -6.27. The molecule has 18 nitrogen and oxygen atoms in total. The summed E-state index contributed by atoms with van der Waals surface area (Å²) in [7, 11) is 2.43. The third-order valence-electron chi connectivity index (χ3n) is 9.12. The van der Waals surface area contributed by atoms with E-state index in [1.165, 1.54) is 31.3 Å². The normalized spacial score (nSPS) is 11.8. The molecule has 1 aliphatic heterocycles. The minimum Gasteiger partial charge on any atom is -0.870 e. The molecule has 0 aromatic carbocycles. The number of amides is 1. The number of rotatable bonds is 9. The maximum Gasteiger partial charge on any atom is 1.00 e. The van der Waals surface area contributed by atoms with Crippen LogP contribution >= 0.6 is 91.8 Å². The number of nitrogens with two attached hydrogens (primary N) is 1. The van der Waals surface area contributed by atoms with Gasteiger partial charge in [-0.25, -0.2) is 50.3 Å². The van der Waals surface area contributed by atoms with E-state index in [1.54, 1.807) is 11.4 Å². The van der Waals surface area contributed by atoms with Crippen LogP contribution in [0.15, 0.2) is 63.8 Å². The van der Waals surface area contributed by atoms with E-state index in [9.17, 15) is 131 Å². The van der Waals surface area contributed by atoms with E-state index < -0.39 is 149 Å². The number of ether oxygens (including phenoxy) is 4. The van der Waals surface area contributed by atoms with Gasteiger partial charge in [-0.15, -0.1) is 45.3 Å². The Kier molecular flexibility index (Phi) is 38.1. The molecule has 95 heavy (non-hydrogen) atoms. The number of hydrogen-bond donors (Lipinski definition) is 3. The van der Waals surface area contributed by atoms with Gasteiger partial charge in [0.1, 0.15) is 29.3 Å². The van der Waals surface area contributed by atoms with Crippen molar-refractivity contribution in [1.29, 1.82) is 0 Å². The van der Waals surface area contributed by atoms with Crippen LogP contribution < -0.4 is 41.0 Å². The third-order valence-corrected chi connectivity index (χ3v) is 15.1. The minimum absolute atomic E-state index is 0. The van der Waals surface area contributed by atoms with Crippen molar-refractivity contribution in [2.75, 3.05) is 38.5 Å². The second-order valence-electron chi connectivity index (χ2n) is 16.1. The monoisotopic (exact) mass is 1550 g/mol. The Morgan fingerprint density at radius 1 is 0.600 bits per heavy atom. The summed E-state index contributed by atoms with van der Waals surface area (Å²) in [5, 5.41) is 10.9. The van der Waals surface area contributed by atoms with Crippen molar-refractivity contribution in [3.63, 3.8) is 0 Å². The van der Waals surface area contributed by atoms with Crippen LogP contribution in [0.3, 0.4) is 0 Å². The van der Waals surface area contributed by atoms with Gasteiger partial charge >= 0.3 is 79.6 Å². The summed E-state index contributed by atoms with van der Waals surface area (Å²) >= 11 is 23.2. The number of anilines is 2. The van der Waals surface area contributed by atoms with Crippen molar-refractivity contribution in [3.05, 3.63) is 141 Å². The summed E-state index contributed by atoms with van der Waals surface area (Å²) in [4.78, 5) is 81.7. The largest absolute Gasteiger partial charge is 1.00 e. The fraction of sp³-hybridized carbons (Fsp3) is 0.319. The van der Waals surface area contributed by atoms with E-state index >= 15 is 0 Å². The van der Waals surface area contributed by atoms with E-state index in [-0.39, 0.29) is 80.6 Å². The second-order valence-corrected chi connectivity index (χ2v) is 21.8. The molecule has 1 fully saturated rings. The quantitative estimate of drug-likeness (QED) is 0.0399. The van der Waals surface area contributed by atoms with Crippen molar-refractivity contribution in [2.24, 2.45) is 0 Å². The van der Waals surface area contributed by atoms with E-state index in [4.69, 9.17) is 62.0 Å². The molecule has 0 aliphatic carbocycles. The Labute approximate surface area is 563 Å². The first-order valence-electron chi connectivity index (χ1n) is 23.1. The molecule has 7 heterocycles. The number of hydrogen-bond acceptors (Lipinski definition) is 18. The van der Waals surface area contributed by atoms with E-state index in [0.717, 1.165) is 57.0 Å². The first kappa shape index (κ1) is 90.8. The number of aromatic carboxylic acids is 1. The van der Waals surface area contributed by atoms with Gasteiger partial charge in [0.2, 0.25) is 0 Å². The zero-order valence-electron chi connectivity index (χ0n) is 46.4. The van der Waals surface area contributed by atoms with E-state index in [2.05, 4.69) is 14.2 Å². The smallest absolute Gasteiger partial charge is 0.870 e. The van der Waals surface area contributed by atoms with Crippen LogP contribution in [0.2, 0.25) is 20.1 Å². The van der Waals surface area contributed by atoms with Crippen LogP contribution in [0, 0.1) is 11.6 Å². The fourth-order valence-corrected chi connectivity index (χ4v) is 9.97. The number of aromatic nitrogens is 2. The van der Waals surface area contributed by atoms with Gasteiger partial charge < -0.3 is 49.7 Å². The Morgan fingerprint density at radius 3 is 1.29 bits per heavy atom. The number of alkyl halides is 19. The maximum atomic E-state index is 13.5. The maximum absolute atomic E-state index is 13.5. The molecule has 6 aromatic heterocycles. The van der Waals surface area contributed by atoms with Gasteiger partial charge in [-0.05, 0) is 37.1 Å². The molecule has 1 aliphatic rings. The van der Waals surface area contributed by atoms with Gasteiger partial charge in [-0.1, -0.05) is 46.4 Å². The number of carbonyl (C=O) groups is 6. The molecule has 1 amide bonds. The predicted octanol–water partition coefficient (Wildman–Crippen LogP) is 12.4. The summed E-state index contributed by atoms with van der Waals surface area (Å²) in [6.45, 7) is 0.0449. The number of pyridine rings is 2. The minimum atomic E-state index is -5.62. The van der Waals surface area contributed by atoms with Gasteiger partial charge in [0.05, 0.1) is 63.7 Å². The molecular formula is C47H34Cl4F21LiN4O14S4. The summed E-state index contributed by atoms with van der Waals surface area (Å²) < 4.78 is 270. The second kappa shape index (κ2) is 39.8. The topological polar surface area (TPSA) is 272 Å². The van der Waals surface area contributed by atoms with Crippen LogP contribution in [0.5, 0.6) is 0 Å². The number of esters is 4. The standard InChI is InChI=1S/C13H7ClF6N2O2S.C7H4ClF3O2S.C7H7F3N2O.C6H2ClF3O2S.C6H5ClO2S.C4F6O3.C4H8O.Li.H2O/c14-6-2-8(25-10(6)13(18,19)20)11(23)21-5-1-7(15)12(24)22(3-5)4-9(16)17;1-13-6(12)4-2-3(8)5(14-4)7(9,10)11;8-5-1-4(11)2-12(7(5)13)3-6(9)10;7-2-1-3(5(11)12)13-4(2)6(8,9)10;1-9-6(8)5-2-4(7)3-10-5;5-3(6,7)1(11)13-2(12)4(8,9)10;1-2-4-5-3-1;;/h1-3,9H,4H2,(H,21,23);2H,1H3;1-2,6H,3,11H2;1H,(H,11,12);2-3H,1H3;;1-4H2;;1H2/q;;;;;;;+1;/p-1. The van der Waals surface area contributed by atoms with Crippen molar-refractivity contribution in [1.82, 2.24) is 9.13 Å². The van der Waals surface area contributed by atoms with Gasteiger partial charge in [-0.3, -0.25) is 14.4 Å². The zero-order valence-corrected chi connectivity index (χ0v) is 52.7. The number of carboxylic acid groups (broad SMARTS) is 1. The van der Waals surface area contributed by atoms with Crippen LogP contribution in [0.4, 0.5) is 104 Å². The molecule has 7 rings (SSSR count). The average molecular weight is 1550 g/mol. The number of nitrogen functional groups attached to an aromatic ring is 1. The van der Waals surface area contributed by atoms with Crippen LogP contribution in [-0.2, 0) is 60.2 Å². The number of nitrogens with zero attached hydrogens (tertiary/aromatic N) is 2. The molecule has 6 aromatic rings. The molecule has 1 saturated heterocycles. The molecule has 5 N–H and O–H groups in total. The molecule has 0 saturated carbocycles. The molecule has 0 atom stereocenters. The molecule has 0 unspecified atom stereocenters. The Balaban J connectivity index is 0. The summed E-state index contributed by atoms with van der Waals surface area (Å²) in [5.41, 5.74) is 2.32. The Bertz CT molecular complexity index is 3610. The molecule has 48 heteroatoms. The van der Waals surface area contributed by atoms with Gasteiger partial charge in [0, 0.05) is 43.1 Å². The Morgan fingerprint density at radius 2 is 0.968 bits per heavy atom. The van der Waals surface area contributed by atoms with Crippen molar-refractivity contribution in [3.8, 4) is 0 Å². The molecule has 0 radical (unpaired) electrons.